The van der Waals surface area contributed by atoms with Gasteiger partial charge in [-0.25, -0.2) is 19.4 Å². The van der Waals surface area contributed by atoms with E-state index in [0.29, 0.717) is 23.0 Å². The highest BCUT2D eigenvalue weighted by Crippen LogP contribution is 2.31. The maximum Gasteiger partial charge on any atom is 0.374 e. The molecule has 4 aromatic rings. The van der Waals surface area contributed by atoms with Gasteiger partial charge in [0, 0.05) is 11.8 Å². The Morgan fingerprint density at radius 3 is 2.80 bits per heavy atom. The molecule has 3 heterocycles. The zero-order chi connectivity index (χ0) is 24.4. The maximum atomic E-state index is 12.8. The third-order valence-electron chi connectivity index (χ3n) is 6.02. The van der Waals surface area contributed by atoms with Gasteiger partial charge in [0.25, 0.3) is 11.9 Å². The van der Waals surface area contributed by atoms with E-state index in [2.05, 4.69) is 33.6 Å². The van der Waals surface area contributed by atoms with Crippen molar-refractivity contribution in [3.8, 4) is 17.2 Å². The third kappa shape index (κ3) is 4.44. The van der Waals surface area contributed by atoms with Gasteiger partial charge in [-0.05, 0) is 56.4 Å². The molecule has 0 atom stereocenters. The first-order chi connectivity index (χ1) is 17.0. The number of aromatic nitrogens is 4. The summed E-state index contributed by atoms with van der Waals surface area (Å²) in [5.41, 5.74) is 5.45. The molecule has 1 aromatic carbocycles. The van der Waals surface area contributed by atoms with Gasteiger partial charge in [-0.2, -0.15) is 5.10 Å². The minimum absolute atomic E-state index is 0.0991. The molecule has 0 aliphatic heterocycles. The fourth-order valence-electron chi connectivity index (χ4n) is 4.24. The molecule has 0 spiro atoms. The zero-order valence-corrected chi connectivity index (χ0v) is 19.6. The van der Waals surface area contributed by atoms with Gasteiger partial charge in [-0.15, -0.1) is 0 Å². The molecule has 5 rings (SSSR count). The lowest BCUT2D eigenvalue weighted by Gasteiger charge is -2.10. The lowest BCUT2D eigenvalue weighted by Crippen LogP contribution is -2.23. The normalized spacial score (nSPS) is 12.4. The molecule has 178 valence electrons. The number of carbonyl (C=O) groups is 2. The molecule has 1 N–H and O–H groups in total. The van der Waals surface area contributed by atoms with Gasteiger partial charge in [-0.1, -0.05) is 24.3 Å². The fourth-order valence-corrected chi connectivity index (χ4v) is 4.24. The van der Waals surface area contributed by atoms with Crippen molar-refractivity contribution in [2.75, 3.05) is 6.61 Å². The number of hydrogen-bond donors (Lipinski definition) is 1. The Bertz CT molecular complexity index is 1400. The molecule has 0 radical (unpaired) electrons. The number of nitrogens with one attached hydrogen (secondary N) is 1. The summed E-state index contributed by atoms with van der Waals surface area (Å²) in [6.45, 7) is 3.90. The second kappa shape index (κ2) is 9.54. The molecule has 35 heavy (non-hydrogen) atoms. The van der Waals surface area contributed by atoms with Crippen LogP contribution in [0.25, 0.3) is 17.2 Å². The number of benzene rings is 1. The van der Waals surface area contributed by atoms with Crippen molar-refractivity contribution in [2.24, 2.45) is 0 Å². The number of hydrogen-bond acceptors (Lipinski definition) is 7. The molecular weight excluding hydrogens is 446 g/mol. The first-order valence-electron chi connectivity index (χ1n) is 11.6. The summed E-state index contributed by atoms with van der Waals surface area (Å²) in [4.78, 5) is 34.0. The lowest BCUT2D eigenvalue weighted by atomic mass is 10.0. The van der Waals surface area contributed by atoms with Gasteiger partial charge in [0.15, 0.2) is 0 Å². The SMILES string of the molecule is CCOC(=O)c1ccc(CNC(=O)c2cnn(-c3ncc4c(n3)-c3ccccc3CCC4)c2C)o1. The molecule has 9 heteroatoms. The van der Waals surface area contributed by atoms with Crippen LogP contribution >= 0.6 is 0 Å². The molecule has 1 amide bonds. The number of ether oxygens (including phenoxy) is 1. The van der Waals surface area contributed by atoms with Crippen molar-refractivity contribution in [1.29, 1.82) is 0 Å². The number of carbonyl (C=O) groups excluding carboxylic acids is 2. The van der Waals surface area contributed by atoms with E-state index < -0.39 is 5.97 Å². The van der Waals surface area contributed by atoms with E-state index >= 15 is 0 Å². The van der Waals surface area contributed by atoms with Crippen molar-refractivity contribution in [3.63, 3.8) is 0 Å². The van der Waals surface area contributed by atoms with Gasteiger partial charge in [0.05, 0.1) is 36.3 Å². The van der Waals surface area contributed by atoms with Crippen LogP contribution in [-0.2, 0) is 24.1 Å². The summed E-state index contributed by atoms with van der Waals surface area (Å²) in [6.07, 6.45) is 6.33. The average molecular weight is 472 g/mol. The van der Waals surface area contributed by atoms with Gasteiger partial charge < -0.3 is 14.5 Å². The van der Waals surface area contributed by atoms with E-state index in [4.69, 9.17) is 14.1 Å². The van der Waals surface area contributed by atoms with E-state index in [9.17, 15) is 9.59 Å². The molecule has 0 saturated carbocycles. The van der Waals surface area contributed by atoms with Gasteiger partial charge in [0.1, 0.15) is 5.76 Å². The predicted molar refractivity (Wildman–Crippen MR) is 127 cm³/mol. The van der Waals surface area contributed by atoms with E-state index in [0.717, 1.165) is 36.1 Å². The molecule has 0 unspecified atom stereocenters. The summed E-state index contributed by atoms with van der Waals surface area (Å²) in [5, 5.41) is 7.18. The predicted octanol–water partition coefficient (Wildman–Crippen LogP) is 3.83. The van der Waals surface area contributed by atoms with Crippen LogP contribution < -0.4 is 5.32 Å². The van der Waals surface area contributed by atoms with E-state index in [1.54, 1.807) is 24.6 Å². The Kier molecular flexibility index (Phi) is 6.13. The first-order valence-corrected chi connectivity index (χ1v) is 11.6. The molecule has 0 saturated heterocycles. The monoisotopic (exact) mass is 471 g/mol. The molecule has 1 aliphatic rings. The molecule has 3 aromatic heterocycles. The Labute approximate surface area is 202 Å². The number of esters is 1. The summed E-state index contributed by atoms with van der Waals surface area (Å²) >= 11 is 0. The van der Waals surface area contributed by atoms with E-state index in [1.807, 2.05) is 12.3 Å². The van der Waals surface area contributed by atoms with Crippen LogP contribution in [0.5, 0.6) is 0 Å². The number of nitrogens with zero attached hydrogens (tertiary/aromatic N) is 4. The van der Waals surface area contributed by atoms with Crippen LogP contribution in [0.15, 0.2) is 53.2 Å². The Hall–Kier alpha value is -4.27. The number of furan rings is 1. The van der Waals surface area contributed by atoms with Crippen molar-refractivity contribution in [1.82, 2.24) is 25.1 Å². The Balaban J connectivity index is 1.35. The minimum atomic E-state index is -0.537. The minimum Gasteiger partial charge on any atom is -0.460 e. The highest BCUT2D eigenvalue weighted by molar-refractivity contribution is 5.95. The van der Waals surface area contributed by atoms with Crippen LogP contribution in [0, 0.1) is 6.92 Å². The van der Waals surface area contributed by atoms with Crippen LogP contribution in [-0.4, -0.2) is 38.2 Å². The Morgan fingerprint density at radius 1 is 1.11 bits per heavy atom. The quantitative estimate of drug-likeness (QED) is 0.425. The first kappa shape index (κ1) is 22.5. The second-order valence-corrected chi connectivity index (χ2v) is 8.28. The van der Waals surface area contributed by atoms with Crippen molar-refractivity contribution < 1.29 is 18.7 Å². The van der Waals surface area contributed by atoms with Gasteiger partial charge in [0.2, 0.25) is 5.76 Å². The standard InChI is InChI=1S/C26H25N5O4/c1-3-34-25(33)22-12-11-19(35-22)14-27-24(32)21-15-29-31(16(21)2)26-28-13-18-9-6-8-17-7-4-5-10-20(17)23(18)30-26/h4-5,7,10-13,15H,3,6,8-9,14H2,1-2H3,(H,27,32). The number of aryl methyl sites for hydroxylation is 2. The largest absolute Gasteiger partial charge is 0.460 e. The molecule has 0 bridgehead atoms. The molecule has 0 fully saturated rings. The zero-order valence-electron chi connectivity index (χ0n) is 19.6. The summed E-state index contributed by atoms with van der Waals surface area (Å²) in [5.74, 6) is 0.108. The van der Waals surface area contributed by atoms with Gasteiger partial charge in [-0.3, -0.25) is 4.79 Å². The van der Waals surface area contributed by atoms with E-state index in [1.165, 1.54) is 17.8 Å². The van der Waals surface area contributed by atoms with Crippen LogP contribution in [0.2, 0.25) is 0 Å². The Morgan fingerprint density at radius 2 is 1.94 bits per heavy atom. The highest BCUT2D eigenvalue weighted by atomic mass is 16.5. The number of fused-ring (bicyclic) bond motifs is 3. The summed E-state index contributed by atoms with van der Waals surface area (Å²) < 4.78 is 11.9. The van der Waals surface area contributed by atoms with Crippen molar-refractivity contribution >= 4 is 11.9 Å². The average Bonchev–Trinajstić information content (AvgIpc) is 3.45. The fraction of sp³-hybridized carbons (Fsp3) is 0.269. The van der Waals surface area contributed by atoms with Gasteiger partial charge >= 0.3 is 5.97 Å². The van der Waals surface area contributed by atoms with E-state index in [-0.39, 0.29) is 24.8 Å². The molecular formula is C26H25N5O4. The molecule has 1 aliphatic carbocycles. The maximum absolute atomic E-state index is 12.8. The van der Waals surface area contributed by atoms with Crippen molar-refractivity contribution in [3.05, 3.63) is 82.7 Å². The number of amides is 1. The molecule has 9 nitrogen and oxygen atoms in total. The van der Waals surface area contributed by atoms with Crippen LogP contribution in [0.4, 0.5) is 0 Å². The summed E-state index contributed by atoms with van der Waals surface area (Å²) in [7, 11) is 0. The van der Waals surface area contributed by atoms with Crippen LogP contribution in [0.3, 0.4) is 0 Å². The lowest BCUT2D eigenvalue weighted by molar-refractivity contribution is 0.0488. The van der Waals surface area contributed by atoms with Crippen molar-refractivity contribution in [2.45, 2.75) is 39.7 Å². The highest BCUT2D eigenvalue weighted by Gasteiger charge is 2.21. The second-order valence-electron chi connectivity index (χ2n) is 8.28. The van der Waals surface area contributed by atoms with Crippen LogP contribution in [0.1, 0.15) is 56.8 Å². The summed E-state index contributed by atoms with van der Waals surface area (Å²) in [6, 6.07) is 11.5. The third-order valence-corrected chi connectivity index (χ3v) is 6.02. The number of rotatable bonds is 6. The topological polar surface area (TPSA) is 112 Å². The smallest absolute Gasteiger partial charge is 0.374 e.